The van der Waals surface area contributed by atoms with Gasteiger partial charge in [0, 0.05) is 12.3 Å². The predicted molar refractivity (Wildman–Crippen MR) is 78.6 cm³/mol. The van der Waals surface area contributed by atoms with Crippen LogP contribution in [0, 0.1) is 10.1 Å². The number of aromatic nitrogens is 1. The highest BCUT2D eigenvalue weighted by Crippen LogP contribution is 2.32. The fourth-order valence-corrected chi connectivity index (χ4v) is 1.81. The van der Waals surface area contributed by atoms with Crippen molar-refractivity contribution >= 4 is 29.3 Å². The lowest BCUT2D eigenvalue weighted by atomic mass is 10.2. The number of nitrogens with one attached hydrogen (secondary N) is 1. The minimum atomic E-state index is -4.55. The molecule has 0 amide bonds. The minimum Gasteiger partial charge on any atom is -0.260 e. The minimum absolute atomic E-state index is 0.102. The third kappa shape index (κ3) is 4.16. The Labute approximate surface area is 132 Å². The van der Waals surface area contributed by atoms with Crippen molar-refractivity contribution in [3.8, 4) is 0 Å². The third-order valence-corrected chi connectivity index (χ3v) is 2.96. The van der Waals surface area contributed by atoms with Crippen molar-refractivity contribution in [2.75, 3.05) is 5.43 Å². The Balaban J connectivity index is 2.17. The van der Waals surface area contributed by atoms with Crippen molar-refractivity contribution in [2.45, 2.75) is 6.18 Å². The Morgan fingerprint density at radius 2 is 2.04 bits per heavy atom. The molecule has 0 atom stereocenters. The first-order valence-electron chi connectivity index (χ1n) is 6.04. The molecule has 1 aromatic heterocycles. The van der Waals surface area contributed by atoms with Crippen LogP contribution in [-0.4, -0.2) is 16.1 Å². The molecule has 2 aromatic rings. The fourth-order valence-electron chi connectivity index (χ4n) is 1.60. The predicted octanol–water partition coefficient (Wildman–Crippen LogP) is 4.11. The van der Waals surface area contributed by atoms with Gasteiger partial charge in [-0.1, -0.05) is 23.7 Å². The molecular weight excluding hydrogens is 337 g/mol. The van der Waals surface area contributed by atoms with Crippen molar-refractivity contribution in [2.24, 2.45) is 5.10 Å². The average molecular weight is 345 g/mol. The molecule has 0 aliphatic carbocycles. The van der Waals surface area contributed by atoms with Gasteiger partial charge in [-0.15, -0.1) is 0 Å². The smallest absolute Gasteiger partial charge is 0.260 e. The van der Waals surface area contributed by atoms with Crippen LogP contribution < -0.4 is 5.43 Å². The maximum absolute atomic E-state index is 12.5. The number of alkyl halides is 3. The second kappa shape index (κ2) is 6.61. The van der Waals surface area contributed by atoms with Gasteiger partial charge in [0.2, 0.25) is 0 Å². The molecule has 0 unspecified atom stereocenters. The number of nitro groups is 1. The lowest BCUT2D eigenvalue weighted by molar-refractivity contribution is -0.385. The topological polar surface area (TPSA) is 80.4 Å². The molecule has 10 heteroatoms. The molecule has 6 nitrogen and oxygen atoms in total. The quantitative estimate of drug-likeness (QED) is 0.514. The zero-order valence-electron chi connectivity index (χ0n) is 11.2. The molecule has 1 aromatic carbocycles. The molecule has 0 bridgehead atoms. The number of halogens is 4. The van der Waals surface area contributed by atoms with E-state index >= 15 is 0 Å². The maximum Gasteiger partial charge on any atom is 0.417 e. The molecule has 1 N–H and O–H groups in total. The van der Waals surface area contributed by atoms with Crippen LogP contribution in [-0.2, 0) is 6.18 Å². The first kappa shape index (κ1) is 16.7. The van der Waals surface area contributed by atoms with E-state index in [0.717, 1.165) is 6.21 Å². The van der Waals surface area contributed by atoms with Crippen LogP contribution in [0.25, 0.3) is 0 Å². The van der Waals surface area contributed by atoms with Gasteiger partial charge >= 0.3 is 6.18 Å². The molecular formula is C13H8ClF3N4O2. The van der Waals surface area contributed by atoms with E-state index in [4.69, 9.17) is 11.6 Å². The molecule has 0 fully saturated rings. The first-order valence-corrected chi connectivity index (χ1v) is 6.42. The Hall–Kier alpha value is -2.68. The number of nitro benzene ring substituents is 1. The average Bonchev–Trinajstić information content (AvgIpc) is 2.48. The molecule has 1 heterocycles. The van der Waals surface area contributed by atoms with E-state index in [1.54, 1.807) is 6.07 Å². The highest BCUT2D eigenvalue weighted by atomic mass is 35.5. The van der Waals surface area contributed by atoms with Gasteiger partial charge < -0.3 is 0 Å². The Bertz CT molecular complexity index is 765. The van der Waals surface area contributed by atoms with Crippen molar-refractivity contribution in [3.63, 3.8) is 0 Å². The van der Waals surface area contributed by atoms with E-state index in [9.17, 15) is 23.3 Å². The number of para-hydroxylation sites is 1. The van der Waals surface area contributed by atoms with Gasteiger partial charge in [0.05, 0.1) is 27.3 Å². The van der Waals surface area contributed by atoms with E-state index in [1.165, 1.54) is 18.2 Å². The van der Waals surface area contributed by atoms with Crippen LogP contribution in [0.1, 0.15) is 11.1 Å². The summed E-state index contributed by atoms with van der Waals surface area (Å²) in [6.45, 7) is 0. The summed E-state index contributed by atoms with van der Waals surface area (Å²) >= 11 is 5.69. The summed E-state index contributed by atoms with van der Waals surface area (Å²) in [5.41, 5.74) is 1.41. The van der Waals surface area contributed by atoms with E-state index in [0.29, 0.717) is 12.3 Å². The largest absolute Gasteiger partial charge is 0.417 e. The SMILES string of the molecule is O=[N+]([O-])c1ccccc1/C=N\Nc1ncc(C(F)(F)F)cc1Cl. The lowest BCUT2D eigenvalue weighted by Gasteiger charge is -2.08. The molecule has 0 aliphatic rings. The second-order valence-electron chi connectivity index (χ2n) is 4.24. The molecule has 0 aliphatic heterocycles. The normalized spacial score (nSPS) is 11.7. The lowest BCUT2D eigenvalue weighted by Crippen LogP contribution is -2.06. The van der Waals surface area contributed by atoms with Crippen LogP contribution in [0.4, 0.5) is 24.7 Å². The summed E-state index contributed by atoms with van der Waals surface area (Å²) in [6, 6.07) is 6.54. The summed E-state index contributed by atoms with van der Waals surface area (Å²) in [4.78, 5) is 13.8. The highest BCUT2D eigenvalue weighted by Gasteiger charge is 2.31. The molecule has 0 saturated carbocycles. The Morgan fingerprint density at radius 1 is 1.35 bits per heavy atom. The molecule has 120 valence electrons. The van der Waals surface area contributed by atoms with E-state index < -0.39 is 16.7 Å². The number of hydrazone groups is 1. The van der Waals surface area contributed by atoms with Gasteiger partial charge in [-0.25, -0.2) is 4.98 Å². The number of hydrogen-bond acceptors (Lipinski definition) is 5. The number of pyridine rings is 1. The van der Waals surface area contributed by atoms with Crippen LogP contribution in [0.5, 0.6) is 0 Å². The molecule has 2 rings (SSSR count). The zero-order valence-corrected chi connectivity index (χ0v) is 12.0. The number of benzene rings is 1. The summed E-state index contributed by atoms with van der Waals surface area (Å²) in [5, 5.41) is 14.2. The van der Waals surface area contributed by atoms with E-state index in [1.807, 2.05) is 0 Å². The van der Waals surface area contributed by atoms with Gasteiger partial charge in [0.15, 0.2) is 5.82 Å². The fraction of sp³-hybridized carbons (Fsp3) is 0.0769. The van der Waals surface area contributed by atoms with Crippen LogP contribution >= 0.6 is 11.6 Å². The van der Waals surface area contributed by atoms with Crippen molar-refractivity contribution in [3.05, 3.63) is 62.8 Å². The first-order chi connectivity index (χ1) is 10.8. The van der Waals surface area contributed by atoms with Gasteiger partial charge in [0.1, 0.15) is 0 Å². The van der Waals surface area contributed by atoms with Crippen LogP contribution in [0.2, 0.25) is 5.02 Å². The molecule has 0 spiro atoms. The van der Waals surface area contributed by atoms with Crippen molar-refractivity contribution < 1.29 is 18.1 Å². The Morgan fingerprint density at radius 3 is 2.65 bits per heavy atom. The zero-order chi connectivity index (χ0) is 17.0. The van der Waals surface area contributed by atoms with Crippen molar-refractivity contribution in [1.82, 2.24) is 4.98 Å². The van der Waals surface area contributed by atoms with Crippen LogP contribution in [0.3, 0.4) is 0 Å². The monoisotopic (exact) mass is 344 g/mol. The Kier molecular flexibility index (Phi) is 4.80. The van der Waals surface area contributed by atoms with Gasteiger partial charge in [-0.2, -0.15) is 18.3 Å². The van der Waals surface area contributed by atoms with E-state index in [-0.39, 0.29) is 22.1 Å². The third-order valence-electron chi connectivity index (χ3n) is 2.68. The molecule has 23 heavy (non-hydrogen) atoms. The molecule has 0 saturated heterocycles. The molecule has 0 radical (unpaired) electrons. The number of rotatable bonds is 4. The van der Waals surface area contributed by atoms with Gasteiger partial charge in [0.25, 0.3) is 5.69 Å². The summed E-state index contributed by atoms with van der Waals surface area (Å²) in [6.07, 6.45) is -2.80. The number of nitrogens with zero attached hydrogens (tertiary/aromatic N) is 3. The second-order valence-corrected chi connectivity index (χ2v) is 4.65. The van der Waals surface area contributed by atoms with Crippen molar-refractivity contribution in [1.29, 1.82) is 0 Å². The van der Waals surface area contributed by atoms with Gasteiger partial charge in [-0.05, 0) is 12.1 Å². The summed E-state index contributed by atoms with van der Waals surface area (Å²) < 4.78 is 37.4. The van der Waals surface area contributed by atoms with Gasteiger partial charge in [-0.3, -0.25) is 15.5 Å². The maximum atomic E-state index is 12.5. The van der Waals surface area contributed by atoms with E-state index in [2.05, 4.69) is 15.5 Å². The standard InChI is InChI=1S/C13H8ClF3N4O2/c14-10-5-9(13(15,16)17)7-18-12(10)20-19-6-8-3-1-2-4-11(8)21(22)23/h1-7H,(H,18,20)/b19-6-. The highest BCUT2D eigenvalue weighted by molar-refractivity contribution is 6.32. The summed E-state index contributed by atoms with van der Waals surface area (Å²) in [7, 11) is 0. The summed E-state index contributed by atoms with van der Waals surface area (Å²) in [5.74, 6) is -0.102. The number of hydrogen-bond donors (Lipinski definition) is 1. The van der Waals surface area contributed by atoms with Crippen LogP contribution in [0.15, 0.2) is 41.6 Å². The number of anilines is 1.